The predicted molar refractivity (Wildman–Crippen MR) is 64.5 cm³/mol. The van der Waals surface area contributed by atoms with Gasteiger partial charge in [0.05, 0.1) is 25.7 Å². The standard InChI is InChI=1S/C12H23NO4/c1-6-10(12(15)16-5)7-13(4)8-11(14)17-9(2)3/h9-10H,6-8H2,1-5H3/t10-/m1/s1. The molecule has 0 radical (unpaired) electrons. The Morgan fingerprint density at radius 1 is 1.29 bits per heavy atom. The van der Waals surface area contributed by atoms with Gasteiger partial charge in [-0.15, -0.1) is 0 Å². The molecule has 100 valence electrons. The monoisotopic (exact) mass is 245 g/mol. The summed E-state index contributed by atoms with van der Waals surface area (Å²) in [5.41, 5.74) is 0. The molecule has 0 aliphatic rings. The summed E-state index contributed by atoms with van der Waals surface area (Å²) in [5.74, 6) is -0.712. The number of likely N-dealkylation sites (N-methyl/N-ethyl adjacent to an activating group) is 1. The van der Waals surface area contributed by atoms with Crippen LogP contribution in [0.1, 0.15) is 27.2 Å². The lowest BCUT2D eigenvalue weighted by Gasteiger charge is -2.21. The molecule has 0 aliphatic heterocycles. The number of ether oxygens (including phenoxy) is 2. The van der Waals surface area contributed by atoms with Gasteiger partial charge < -0.3 is 9.47 Å². The Kier molecular flexibility index (Phi) is 7.54. The Morgan fingerprint density at radius 3 is 2.29 bits per heavy atom. The molecule has 0 rings (SSSR count). The summed E-state index contributed by atoms with van der Waals surface area (Å²) in [7, 11) is 3.16. The van der Waals surface area contributed by atoms with Gasteiger partial charge in [0.1, 0.15) is 0 Å². The highest BCUT2D eigenvalue weighted by Crippen LogP contribution is 2.07. The molecule has 17 heavy (non-hydrogen) atoms. The van der Waals surface area contributed by atoms with Crippen LogP contribution in [0.25, 0.3) is 0 Å². The van der Waals surface area contributed by atoms with Crippen LogP contribution < -0.4 is 0 Å². The van der Waals surface area contributed by atoms with E-state index < -0.39 is 0 Å². The van der Waals surface area contributed by atoms with Crippen LogP contribution in [0.4, 0.5) is 0 Å². The second-order valence-corrected chi connectivity index (χ2v) is 4.36. The maximum atomic E-state index is 11.4. The van der Waals surface area contributed by atoms with E-state index in [0.717, 1.165) is 0 Å². The molecule has 0 bridgehead atoms. The third-order valence-electron chi connectivity index (χ3n) is 2.33. The van der Waals surface area contributed by atoms with Crippen molar-refractivity contribution in [1.82, 2.24) is 4.90 Å². The van der Waals surface area contributed by atoms with Crippen molar-refractivity contribution < 1.29 is 19.1 Å². The Morgan fingerprint density at radius 2 is 1.88 bits per heavy atom. The minimum Gasteiger partial charge on any atom is -0.469 e. The lowest BCUT2D eigenvalue weighted by atomic mass is 10.1. The first kappa shape index (κ1) is 15.9. The summed E-state index contributed by atoms with van der Waals surface area (Å²) < 4.78 is 9.72. The zero-order valence-electron chi connectivity index (χ0n) is 11.4. The SMILES string of the molecule is CC[C@H](CN(C)CC(=O)OC(C)C)C(=O)OC. The van der Waals surface area contributed by atoms with Gasteiger partial charge in [0.25, 0.3) is 0 Å². The molecular formula is C12H23NO4. The fraction of sp³-hybridized carbons (Fsp3) is 0.833. The molecule has 0 aromatic carbocycles. The average Bonchev–Trinajstić information content (AvgIpc) is 2.23. The minimum absolute atomic E-state index is 0.113. The van der Waals surface area contributed by atoms with Gasteiger partial charge in [0.2, 0.25) is 0 Å². The molecule has 0 aliphatic carbocycles. The normalized spacial score (nSPS) is 12.6. The Hall–Kier alpha value is -1.10. The van der Waals surface area contributed by atoms with Crippen LogP contribution in [0.5, 0.6) is 0 Å². The highest BCUT2D eigenvalue weighted by Gasteiger charge is 2.20. The van der Waals surface area contributed by atoms with E-state index in [1.165, 1.54) is 7.11 Å². The highest BCUT2D eigenvalue weighted by molar-refractivity contribution is 5.73. The van der Waals surface area contributed by atoms with Gasteiger partial charge in [-0.3, -0.25) is 14.5 Å². The topological polar surface area (TPSA) is 55.8 Å². The number of rotatable bonds is 7. The van der Waals surface area contributed by atoms with Crippen molar-refractivity contribution >= 4 is 11.9 Å². The summed E-state index contributed by atoms with van der Waals surface area (Å²) in [6.45, 7) is 6.21. The zero-order chi connectivity index (χ0) is 13.4. The molecule has 0 spiro atoms. The van der Waals surface area contributed by atoms with E-state index in [1.807, 2.05) is 6.92 Å². The van der Waals surface area contributed by atoms with Crippen LogP contribution in [0, 0.1) is 5.92 Å². The van der Waals surface area contributed by atoms with Gasteiger partial charge in [0, 0.05) is 6.54 Å². The van der Waals surface area contributed by atoms with Crippen LogP contribution >= 0.6 is 0 Å². The van der Waals surface area contributed by atoms with Gasteiger partial charge in [-0.25, -0.2) is 0 Å². The second-order valence-electron chi connectivity index (χ2n) is 4.36. The third-order valence-corrected chi connectivity index (χ3v) is 2.33. The zero-order valence-corrected chi connectivity index (χ0v) is 11.4. The number of hydrogen-bond acceptors (Lipinski definition) is 5. The molecule has 0 saturated heterocycles. The number of hydrogen-bond donors (Lipinski definition) is 0. The van der Waals surface area contributed by atoms with E-state index in [9.17, 15) is 9.59 Å². The van der Waals surface area contributed by atoms with E-state index in [0.29, 0.717) is 13.0 Å². The lowest BCUT2D eigenvalue weighted by molar-refractivity contribution is -0.151. The summed E-state index contributed by atoms with van der Waals surface area (Å²) in [5, 5.41) is 0. The third kappa shape index (κ3) is 6.94. The summed E-state index contributed by atoms with van der Waals surface area (Å²) >= 11 is 0. The summed E-state index contributed by atoms with van der Waals surface area (Å²) in [4.78, 5) is 24.5. The van der Waals surface area contributed by atoms with Gasteiger partial charge in [-0.05, 0) is 27.3 Å². The van der Waals surface area contributed by atoms with Crippen molar-refractivity contribution in [1.29, 1.82) is 0 Å². The van der Waals surface area contributed by atoms with Crippen molar-refractivity contribution in [2.45, 2.75) is 33.3 Å². The molecule has 1 atom stereocenters. The molecular weight excluding hydrogens is 222 g/mol. The van der Waals surface area contributed by atoms with Gasteiger partial charge in [-0.1, -0.05) is 6.92 Å². The van der Waals surface area contributed by atoms with Crippen LogP contribution in [-0.2, 0) is 19.1 Å². The lowest BCUT2D eigenvalue weighted by Crippen LogP contribution is -2.35. The van der Waals surface area contributed by atoms with Crippen LogP contribution in [0.2, 0.25) is 0 Å². The first-order valence-electron chi connectivity index (χ1n) is 5.86. The van der Waals surface area contributed by atoms with Crippen LogP contribution in [-0.4, -0.2) is 50.2 Å². The van der Waals surface area contributed by atoms with Crippen LogP contribution in [0.3, 0.4) is 0 Å². The molecule has 5 heteroatoms. The smallest absolute Gasteiger partial charge is 0.320 e. The van der Waals surface area contributed by atoms with Gasteiger partial charge in [0.15, 0.2) is 0 Å². The van der Waals surface area contributed by atoms with Crippen molar-refractivity contribution in [3.05, 3.63) is 0 Å². The quantitative estimate of drug-likeness (QED) is 0.628. The molecule has 0 aromatic heterocycles. The second kappa shape index (κ2) is 8.06. The Balaban J connectivity index is 4.10. The summed E-state index contributed by atoms with van der Waals surface area (Å²) in [6.07, 6.45) is 0.578. The number of methoxy groups -OCH3 is 1. The molecule has 0 aromatic rings. The molecule has 0 saturated carbocycles. The molecule has 5 nitrogen and oxygen atoms in total. The van der Waals surface area contributed by atoms with Crippen LogP contribution in [0.15, 0.2) is 0 Å². The number of carbonyl (C=O) groups excluding carboxylic acids is 2. The minimum atomic E-state index is -0.276. The van der Waals surface area contributed by atoms with Crippen molar-refractivity contribution in [3.8, 4) is 0 Å². The molecule has 0 fully saturated rings. The number of carbonyl (C=O) groups is 2. The maximum absolute atomic E-state index is 11.4. The molecule has 0 unspecified atom stereocenters. The summed E-state index contributed by atoms with van der Waals surface area (Å²) in [6, 6.07) is 0. The van der Waals surface area contributed by atoms with Crippen molar-refractivity contribution in [2.75, 3.05) is 27.2 Å². The van der Waals surface area contributed by atoms with E-state index in [2.05, 4.69) is 0 Å². The molecule has 0 N–H and O–H groups in total. The fourth-order valence-electron chi connectivity index (χ4n) is 1.50. The number of esters is 2. The highest BCUT2D eigenvalue weighted by atomic mass is 16.5. The van der Waals surface area contributed by atoms with E-state index in [1.54, 1.807) is 25.8 Å². The maximum Gasteiger partial charge on any atom is 0.320 e. The van der Waals surface area contributed by atoms with E-state index in [-0.39, 0.29) is 30.5 Å². The van der Waals surface area contributed by atoms with Crippen molar-refractivity contribution in [2.24, 2.45) is 5.92 Å². The molecule has 0 heterocycles. The fourth-order valence-corrected chi connectivity index (χ4v) is 1.50. The first-order chi connectivity index (χ1) is 7.90. The molecule has 0 amide bonds. The first-order valence-corrected chi connectivity index (χ1v) is 5.86. The largest absolute Gasteiger partial charge is 0.469 e. The van der Waals surface area contributed by atoms with Crippen molar-refractivity contribution in [3.63, 3.8) is 0 Å². The van der Waals surface area contributed by atoms with E-state index in [4.69, 9.17) is 9.47 Å². The Labute approximate surface area is 103 Å². The average molecular weight is 245 g/mol. The predicted octanol–water partition coefficient (Wildman–Crippen LogP) is 1.07. The van der Waals surface area contributed by atoms with E-state index >= 15 is 0 Å². The number of nitrogens with zero attached hydrogens (tertiary/aromatic N) is 1. The van der Waals surface area contributed by atoms with Gasteiger partial charge >= 0.3 is 11.9 Å². The van der Waals surface area contributed by atoms with Gasteiger partial charge in [-0.2, -0.15) is 0 Å². The Bertz CT molecular complexity index is 253.